The van der Waals surface area contributed by atoms with Crippen molar-refractivity contribution in [3.05, 3.63) is 47.0 Å². The van der Waals surface area contributed by atoms with E-state index in [9.17, 15) is 4.79 Å². The number of halogens is 1. The number of nitrogens with zero attached hydrogens (tertiary/aromatic N) is 4. The fraction of sp³-hybridized carbons (Fsp3) is 0.0769. The van der Waals surface area contributed by atoms with Crippen LogP contribution >= 0.6 is 11.6 Å². The molecule has 0 saturated heterocycles. The highest BCUT2D eigenvalue weighted by Crippen LogP contribution is 2.22. The Kier molecular flexibility index (Phi) is 2.87. The molecule has 3 rings (SSSR count). The van der Waals surface area contributed by atoms with Crippen LogP contribution in [0, 0.1) is 6.92 Å². The largest absolute Gasteiger partial charge is 0.478 e. The number of rotatable bonds is 2. The van der Waals surface area contributed by atoms with E-state index in [1.807, 2.05) is 0 Å². The second-order valence-electron chi connectivity index (χ2n) is 4.24. The molecule has 2 aromatic heterocycles. The maximum absolute atomic E-state index is 11.0. The highest BCUT2D eigenvalue weighted by atomic mass is 35.5. The number of aromatic nitrogens is 4. The third-order valence-corrected chi connectivity index (χ3v) is 3.29. The number of carbonyl (C=O) groups is 1. The van der Waals surface area contributed by atoms with Gasteiger partial charge in [-0.1, -0.05) is 11.6 Å². The summed E-state index contributed by atoms with van der Waals surface area (Å²) in [5, 5.41) is 14.5. The Bertz CT molecular complexity index is 809. The number of hydrogen-bond donors (Lipinski definition) is 1. The molecule has 0 unspecified atom stereocenters. The Morgan fingerprint density at radius 3 is 2.80 bits per heavy atom. The van der Waals surface area contributed by atoms with E-state index in [4.69, 9.17) is 16.7 Å². The van der Waals surface area contributed by atoms with Crippen molar-refractivity contribution in [2.75, 3.05) is 0 Å². The minimum atomic E-state index is -0.995. The fourth-order valence-corrected chi connectivity index (χ4v) is 2.04. The van der Waals surface area contributed by atoms with Gasteiger partial charge in [0.1, 0.15) is 6.33 Å². The van der Waals surface area contributed by atoms with Crippen LogP contribution in [-0.2, 0) is 0 Å². The summed E-state index contributed by atoms with van der Waals surface area (Å²) in [5.41, 5.74) is 1.41. The van der Waals surface area contributed by atoms with Crippen molar-refractivity contribution < 1.29 is 9.90 Å². The third-order valence-electron chi connectivity index (χ3n) is 2.92. The normalized spacial score (nSPS) is 10.9. The van der Waals surface area contributed by atoms with Crippen LogP contribution < -0.4 is 0 Å². The zero-order chi connectivity index (χ0) is 14.3. The number of fused-ring (bicyclic) bond motifs is 1. The summed E-state index contributed by atoms with van der Waals surface area (Å²) in [6.45, 7) is 1.80. The summed E-state index contributed by atoms with van der Waals surface area (Å²) in [7, 11) is 0. The first-order valence-corrected chi connectivity index (χ1v) is 6.14. The van der Waals surface area contributed by atoms with Crippen LogP contribution in [-0.4, -0.2) is 30.8 Å². The van der Waals surface area contributed by atoms with E-state index in [0.29, 0.717) is 27.4 Å². The second-order valence-corrected chi connectivity index (χ2v) is 4.65. The standard InChI is InChI=1S/C13H9ClN4O2/c1-7-10(14)5-18(17-7)12-9-3-2-8(13(19)20)4-11(9)15-6-16-12/h2-6H,1H3,(H,19,20). The van der Waals surface area contributed by atoms with E-state index in [1.165, 1.54) is 18.5 Å². The van der Waals surface area contributed by atoms with Gasteiger partial charge in [-0.05, 0) is 25.1 Å². The van der Waals surface area contributed by atoms with Gasteiger partial charge in [0.15, 0.2) is 5.82 Å². The van der Waals surface area contributed by atoms with Crippen molar-refractivity contribution in [2.24, 2.45) is 0 Å². The van der Waals surface area contributed by atoms with Crippen LogP contribution in [0.15, 0.2) is 30.7 Å². The van der Waals surface area contributed by atoms with E-state index < -0.39 is 5.97 Å². The third kappa shape index (κ3) is 2.00. The first-order valence-electron chi connectivity index (χ1n) is 5.76. The number of carboxylic acid groups (broad SMARTS) is 1. The van der Waals surface area contributed by atoms with Gasteiger partial charge < -0.3 is 5.11 Å². The van der Waals surface area contributed by atoms with Crippen LogP contribution in [0.2, 0.25) is 5.02 Å². The van der Waals surface area contributed by atoms with Crippen molar-refractivity contribution in [3.8, 4) is 5.82 Å². The lowest BCUT2D eigenvalue weighted by Crippen LogP contribution is -2.02. The molecule has 0 amide bonds. The topological polar surface area (TPSA) is 80.9 Å². The quantitative estimate of drug-likeness (QED) is 0.783. The zero-order valence-electron chi connectivity index (χ0n) is 10.4. The first kappa shape index (κ1) is 12.6. The maximum atomic E-state index is 11.0. The molecule has 3 aromatic rings. The molecule has 0 spiro atoms. The fourth-order valence-electron chi connectivity index (χ4n) is 1.91. The lowest BCUT2D eigenvalue weighted by atomic mass is 10.1. The lowest BCUT2D eigenvalue weighted by Gasteiger charge is -2.05. The van der Waals surface area contributed by atoms with Crippen LogP contribution in [0.3, 0.4) is 0 Å². The van der Waals surface area contributed by atoms with Crippen molar-refractivity contribution >= 4 is 28.5 Å². The molecular formula is C13H9ClN4O2. The summed E-state index contributed by atoms with van der Waals surface area (Å²) in [6, 6.07) is 4.68. The van der Waals surface area contributed by atoms with E-state index in [-0.39, 0.29) is 5.56 Å². The van der Waals surface area contributed by atoms with Crippen LogP contribution in [0.1, 0.15) is 16.1 Å². The Balaban J connectivity index is 2.24. The van der Waals surface area contributed by atoms with Gasteiger partial charge >= 0.3 is 5.97 Å². The van der Waals surface area contributed by atoms with Crippen molar-refractivity contribution in [1.29, 1.82) is 0 Å². The molecule has 0 fully saturated rings. The van der Waals surface area contributed by atoms with Crippen molar-refractivity contribution in [1.82, 2.24) is 19.7 Å². The molecule has 0 bridgehead atoms. The van der Waals surface area contributed by atoms with Crippen LogP contribution in [0.5, 0.6) is 0 Å². The van der Waals surface area contributed by atoms with E-state index in [0.717, 1.165) is 0 Å². The molecule has 0 radical (unpaired) electrons. The summed E-state index contributed by atoms with van der Waals surface area (Å²) in [6.07, 6.45) is 3.03. The number of hydrogen-bond acceptors (Lipinski definition) is 4. The molecule has 6 nitrogen and oxygen atoms in total. The Morgan fingerprint density at radius 2 is 2.15 bits per heavy atom. The van der Waals surface area contributed by atoms with Gasteiger partial charge in [-0.3, -0.25) is 0 Å². The maximum Gasteiger partial charge on any atom is 0.335 e. The van der Waals surface area contributed by atoms with E-state index >= 15 is 0 Å². The molecule has 2 heterocycles. The summed E-state index contributed by atoms with van der Waals surface area (Å²) >= 11 is 5.99. The van der Waals surface area contributed by atoms with Gasteiger partial charge in [-0.2, -0.15) is 5.10 Å². The molecular weight excluding hydrogens is 280 g/mol. The van der Waals surface area contributed by atoms with Crippen LogP contribution in [0.25, 0.3) is 16.7 Å². The molecule has 7 heteroatoms. The van der Waals surface area contributed by atoms with Gasteiger partial charge in [0.2, 0.25) is 0 Å². The zero-order valence-corrected chi connectivity index (χ0v) is 11.2. The Labute approximate surface area is 118 Å². The van der Waals surface area contributed by atoms with Crippen molar-refractivity contribution in [3.63, 3.8) is 0 Å². The number of carboxylic acids is 1. The van der Waals surface area contributed by atoms with Gasteiger partial charge in [-0.15, -0.1) is 0 Å². The molecule has 0 aliphatic rings. The molecule has 0 aliphatic carbocycles. The number of benzene rings is 1. The van der Waals surface area contributed by atoms with E-state index in [2.05, 4.69) is 15.1 Å². The SMILES string of the molecule is Cc1nn(-c2ncnc3cc(C(=O)O)ccc23)cc1Cl. The molecule has 0 saturated carbocycles. The molecule has 1 aromatic carbocycles. The Hall–Kier alpha value is -2.47. The Morgan fingerprint density at radius 1 is 1.35 bits per heavy atom. The highest BCUT2D eigenvalue weighted by Gasteiger charge is 2.11. The van der Waals surface area contributed by atoms with Crippen molar-refractivity contribution in [2.45, 2.75) is 6.92 Å². The van der Waals surface area contributed by atoms with E-state index in [1.54, 1.807) is 23.9 Å². The smallest absolute Gasteiger partial charge is 0.335 e. The molecule has 0 aliphatic heterocycles. The van der Waals surface area contributed by atoms with Crippen LogP contribution in [0.4, 0.5) is 0 Å². The number of aryl methyl sites for hydroxylation is 1. The predicted octanol–water partition coefficient (Wildman–Crippen LogP) is 2.48. The molecule has 20 heavy (non-hydrogen) atoms. The minimum Gasteiger partial charge on any atom is -0.478 e. The minimum absolute atomic E-state index is 0.178. The summed E-state index contributed by atoms with van der Waals surface area (Å²) in [5.74, 6) is -0.438. The lowest BCUT2D eigenvalue weighted by molar-refractivity contribution is 0.0697. The molecule has 1 N–H and O–H groups in total. The predicted molar refractivity (Wildman–Crippen MR) is 73.4 cm³/mol. The monoisotopic (exact) mass is 288 g/mol. The number of aromatic carboxylic acids is 1. The second kappa shape index (κ2) is 4.57. The molecule has 0 atom stereocenters. The molecule has 100 valence electrons. The van der Waals surface area contributed by atoms with Gasteiger partial charge in [-0.25, -0.2) is 19.4 Å². The summed E-state index contributed by atoms with van der Waals surface area (Å²) in [4.78, 5) is 19.2. The highest BCUT2D eigenvalue weighted by molar-refractivity contribution is 6.31. The first-order chi connectivity index (χ1) is 9.56. The van der Waals surface area contributed by atoms with Gasteiger partial charge in [0.05, 0.1) is 28.0 Å². The van der Waals surface area contributed by atoms with Gasteiger partial charge in [0, 0.05) is 5.39 Å². The average molecular weight is 289 g/mol. The average Bonchev–Trinajstić information content (AvgIpc) is 2.77. The summed E-state index contributed by atoms with van der Waals surface area (Å²) < 4.78 is 1.56. The van der Waals surface area contributed by atoms with Gasteiger partial charge in [0.25, 0.3) is 0 Å².